The molecule has 3 rings (SSSR count). The third kappa shape index (κ3) is 6.21. The van der Waals surface area contributed by atoms with Crippen LogP contribution in [0.5, 0.6) is 0 Å². The second-order valence-electron chi connectivity index (χ2n) is 8.75. The minimum atomic E-state index is 0.252. The maximum Gasteiger partial charge on any atom is 0.0450 e. The average molecular weight is 415 g/mol. The van der Waals surface area contributed by atoms with E-state index < -0.39 is 0 Å². The number of hydrogen-bond acceptors (Lipinski definition) is 2. The molecule has 2 N–H and O–H groups in total. The SMILES string of the molecule is C=CC(CCNC)NC(=C)CC/C(=C(/C)c1ccccc1)c1cccc(C2CC2)c1C. The fourth-order valence-electron chi connectivity index (χ4n) is 4.36. The van der Waals surface area contributed by atoms with Crippen molar-refractivity contribution in [1.82, 2.24) is 10.6 Å². The van der Waals surface area contributed by atoms with E-state index in [0.29, 0.717) is 0 Å². The van der Waals surface area contributed by atoms with Gasteiger partial charge in [0.25, 0.3) is 0 Å². The van der Waals surface area contributed by atoms with Crippen LogP contribution < -0.4 is 10.6 Å². The van der Waals surface area contributed by atoms with Crippen LogP contribution in [0.15, 0.2) is 73.5 Å². The number of hydrogen-bond donors (Lipinski definition) is 2. The maximum absolute atomic E-state index is 4.32. The monoisotopic (exact) mass is 414 g/mol. The quantitative estimate of drug-likeness (QED) is 0.293. The lowest BCUT2D eigenvalue weighted by Gasteiger charge is -2.21. The van der Waals surface area contributed by atoms with Gasteiger partial charge in [-0.3, -0.25) is 0 Å². The molecule has 0 heterocycles. The van der Waals surface area contributed by atoms with Gasteiger partial charge < -0.3 is 10.6 Å². The molecule has 164 valence electrons. The number of nitrogens with one attached hydrogen (secondary N) is 2. The number of allylic oxidation sites excluding steroid dienone is 3. The molecule has 0 saturated heterocycles. The molecule has 1 atom stereocenters. The van der Waals surface area contributed by atoms with E-state index in [1.807, 2.05) is 13.1 Å². The molecule has 1 aliphatic carbocycles. The van der Waals surface area contributed by atoms with Crippen LogP contribution >= 0.6 is 0 Å². The predicted molar refractivity (Wildman–Crippen MR) is 136 cm³/mol. The smallest absolute Gasteiger partial charge is 0.0450 e. The van der Waals surface area contributed by atoms with E-state index in [-0.39, 0.29) is 6.04 Å². The van der Waals surface area contributed by atoms with Crippen LogP contribution in [0.2, 0.25) is 0 Å². The lowest BCUT2D eigenvalue weighted by Crippen LogP contribution is -2.29. The molecule has 0 aromatic heterocycles. The van der Waals surface area contributed by atoms with Crippen LogP contribution in [-0.4, -0.2) is 19.6 Å². The molecule has 0 amide bonds. The Morgan fingerprint density at radius 1 is 1.10 bits per heavy atom. The van der Waals surface area contributed by atoms with Gasteiger partial charge in [0.05, 0.1) is 0 Å². The van der Waals surface area contributed by atoms with Gasteiger partial charge in [-0.25, -0.2) is 0 Å². The molecule has 0 aliphatic heterocycles. The fraction of sp³-hybridized carbons (Fsp3) is 0.379. The molecule has 1 aliphatic rings. The lowest BCUT2D eigenvalue weighted by atomic mass is 9.87. The largest absolute Gasteiger partial charge is 0.383 e. The van der Waals surface area contributed by atoms with E-state index in [2.05, 4.69) is 86.2 Å². The van der Waals surface area contributed by atoms with Crippen molar-refractivity contribution in [2.75, 3.05) is 13.6 Å². The molecule has 2 aromatic rings. The molecular weight excluding hydrogens is 376 g/mol. The molecule has 2 heteroatoms. The summed E-state index contributed by atoms with van der Waals surface area (Å²) >= 11 is 0. The standard InChI is InChI=1S/C29H38N2/c1-6-26(19-20-30-5)31-21(2)15-18-29(22(3)24-11-8-7-9-12-24)28-14-10-13-27(23(28)4)25-16-17-25/h6-14,25-26,30-31H,1-2,15-20H2,3-5H3/b29-22+. The highest BCUT2D eigenvalue weighted by atomic mass is 14.9. The Bertz CT molecular complexity index is 919. The van der Waals surface area contributed by atoms with Crippen molar-refractivity contribution in [2.45, 2.75) is 57.9 Å². The van der Waals surface area contributed by atoms with E-state index >= 15 is 0 Å². The molecule has 0 radical (unpaired) electrons. The first-order chi connectivity index (χ1) is 15.0. The van der Waals surface area contributed by atoms with Crippen molar-refractivity contribution in [3.63, 3.8) is 0 Å². The van der Waals surface area contributed by atoms with Gasteiger partial charge in [0.1, 0.15) is 0 Å². The molecule has 1 unspecified atom stereocenters. The van der Waals surface area contributed by atoms with Crippen LogP contribution in [0.25, 0.3) is 11.1 Å². The van der Waals surface area contributed by atoms with Crippen molar-refractivity contribution in [1.29, 1.82) is 0 Å². The van der Waals surface area contributed by atoms with Crippen molar-refractivity contribution < 1.29 is 0 Å². The van der Waals surface area contributed by atoms with Crippen molar-refractivity contribution >= 4 is 11.1 Å². The minimum absolute atomic E-state index is 0.252. The van der Waals surface area contributed by atoms with E-state index in [4.69, 9.17) is 0 Å². The Hall–Kier alpha value is -2.58. The van der Waals surface area contributed by atoms with Gasteiger partial charge in [-0.05, 0) is 98.9 Å². The van der Waals surface area contributed by atoms with Crippen molar-refractivity contribution in [2.24, 2.45) is 0 Å². The molecular formula is C29H38N2. The first kappa shape index (κ1) is 23.1. The third-order valence-corrected chi connectivity index (χ3v) is 6.43. The molecule has 1 saturated carbocycles. The Balaban J connectivity index is 1.85. The zero-order chi connectivity index (χ0) is 22.2. The Kier molecular flexibility index (Phi) is 8.31. The van der Waals surface area contributed by atoms with Crippen LogP contribution in [0.3, 0.4) is 0 Å². The van der Waals surface area contributed by atoms with Crippen LogP contribution in [0.1, 0.15) is 67.2 Å². The van der Waals surface area contributed by atoms with Gasteiger partial charge >= 0.3 is 0 Å². The summed E-state index contributed by atoms with van der Waals surface area (Å²) in [6.45, 7) is 13.8. The highest BCUT2D eigenvalue weighted by Crippen LogP contribution is 2.44. The summed E-state index contributed by atoms with van der Waals surface area (Å²) in [5.74, 6) is 0.760. The predicted octanol–water partition coefficient (Wildman–Crippen LogP) is 6.85. The Labute approximate surface area is 189 Å². The van der Waals surface area contributed by atoms with E-state index in [0.717, 1.165) is 37.4 Å². The topological polar surface area (TPSA) is 24.1 Å². The van der Waals surface area contributed by atoms with Gasteiger partial charge in [-0.15, -0.1) is 6.58 Å². The zero-order valence-electron chi connectivity index (χ0n) is 19.5. The van der Waals surface area contributed by atoms with Crippen molar-refractivity contribution in [3.05, 3.63) is 95.7 Å². The molecule has 1 fully saturated rings. The summed E-state index contributed by atoms with van der Waals surface area (Å²) in [5.41, 5.74) is 9.55. The van der Waals surface area contributed by atoms with Gasteiger partial charge in [0.15, 0.2) is 0 Å². The number of rotatable bonds is 12. The van der Waals surface area contributed by atoms with Gasteiger partial charge in [-0.2, -0.15) is 0 Å². The molecule has 2 aromatic carbocycles. The summed E-state index contributed by atoms with van der Waals surface area (Å²) in [7, 11) is 1.98. The van der Waals surface area contributed by atoms with Gasteiger partial charge in [-0.1, -0.05) is 61.2 Å². The minimum Gasteiger partial charge on any atom is -0.383 e. The average Bonchev–Trinajstić information content (AvgIpc) is 3.63. The van der Waals surface area contributed by atoms with E-state index in [1.165, 1.54) is 46.2 Å². The second-order valence-corrected chi connectivity index (χ2v) is 8.75. The molecule has 2 nitrogen and oxygen atoms in total. The third-order valence-electron chi connectivity index (χ3n) is 6.43. The fourth-order valence-corrected chi connectivity index (χ4v) is 4.36. The summed E-state index contributed by atoms with van der Waals surface area (Å²) in [4.78, 5) is 0. The van der Waals surface area contributed by atoms with Crippen molar-refractivity contribution in [3.8, 4) is 0 Å². The Morgan fingerprint density at radius 2 is 1.84 bits per heavy atom. The first-order valence-corrected chi connectivity index (χ1v) is 11.6. The molecule has 0 spiro atoms. The summed E-state index contributed by atoms with van der Waals surface area (Å²) in [6.07, 6.45) is 7.54. The zero-order valence-corrected chi connectivity index (χ0v) is 19.5. The Morgan fingerprint density at radius 3 is 2.48 bits per heavy atom. The van der Waals surface area contributed by atoms with Crippen LogP contribution in [0, 0.1) is 6.92 Å². The second kappa shape index (κ2) is 11.2. The molecule has 31 heavy (non-hydrogen) atoms. The van der Waals surface area contributed by atoms with Gasteiger partial charge in [0, 0.05) is 11.7 Å². The van der Waals surface area contributed by atoms with Gasteiger partial charge in [0.2, 0.25) is 0 Å². The summed E-state index contributed by atoms with van der Waals surface area (Å²) < 4.78 is 0. The van der Waals surface area contributed by atoms with Crippen LogP contribution in [0.4, 0.5) is 0 Å². The normalized spacial score (nSPS) is 15.2. The summed E-state index contributed by atoms with van der Waals surface area (Å²) in [6, 6.07) is 17.9. The number of benzene rings is 2. The van der Waals surface area contributed by atoms with E-state index in [9.17, 15) is 0 Å². The lowest BCUT2D eigenvalue weighted by molar-refractivity contribution is 0.581. The molecule has 0 bridgehead atoms. The highest BCUT2D eigenvalue weighted by Gasteiger charge is 2.26. The first-order valence-electron chi connectivity index (χ1n) is 11.6. The van der Waals surface area contributed by atoms with E-state index in [1.54, 1.807) is 0 Å². The maximum atomic E-state index is 4.32. The highest BCUT2D eigenvalue weighted by molar-refractivity contribution is 5.91. The summed E-state index contributed by atoms with van der Waals surface area (Å²) in [5, 5.41) is 6.78. The van der Waals surface area contributed by atoms with Crippen LogP contribution in [-0.2, 0) is 0 Å².